The molecule has 0 bridgehead atoms. The molecule has 1 aliphatic heterocycles. The second kappa shape index (κ2) is 12.1. The fraction of sp³-hybridized carbons (Fsp3) is 0.250. The van der Waals surface area contributed by atoms with E-state index in [1.807, 2.05) is 50.2 Å². The van der Waals surface area contributed by atoms with Gasteiger partial charge in [-0.15, -0.1) is 0 Å². The second-order valence-corrected chi connectivity index (χ2v) is 9.22. The number of hydrogen-bond donors (Lipinski definition) is 2. The van der Waals surface area contributed by atoms with Gasteiger partial charge in [-0.25, -0.2) is 4.79 Å². The fourth-order valence-electron chi connectivity index (χ4n) is 3.92. The number of benzene rings is 2. The van der Waals surface area contributed by atoms with Gasteiger partial charge in [0.15, 0.2) is 0 Å². The molecule has 2 aromatic rings. The summed E-state index contributed by atoms with van der Waals surface area (Å²) in [4.78, 5) is 25.8. The van der Waals surface area contributed by atoms with E-state index in [-0.39, 0.29) is 18.3 Å². The molecule has 1 atom stereocenters. The molecule has 0 saturated carbocycles. The molecule has 2 aromatic carbocycles. The SMILES string of the molecule is C=CCOC(=O)C1=C(C)NC(SCC(=O)Nc2cc(C)ccc2C)=C(C#N)[C@H]1c1ccccc1OC. The molecule has 186 valence electrons. The second-order valence-electron chi connectivity index (χ2n) is 8.24. The Balaban J connectivity index is 1.95. The van der Waals surface area contributed by atoms with E-state index >= 15 is 0 Å². The molecular weight excluding hydrogens is 474 g/mol. The number of carbonyl (C=O) groups is 2. The summed E-state index contributed by atoms with van der Waals surface area (Å²) in [7, 11) is 1.54. The number of ether oxygens (including phenoxy) is 2. The van der Waals surface area contributed by atoms with Gasteiger partial charge in [-0.2, -0.15) is 5.26 Å². The Morgan fingerprint density at radius 1 is 1.22 bits per heavy atom. The first kappa shape index (κ1) is 26.6. The number of nitrogens with one attached hydrogen (secondary N) is 2. The quantitative estimate of drug-likeness (QED) is 0.362. The predicted molar refractivity (Wildman–Crippen MR) is 142 cm³/mol. The van der Waals surface area contributed by atoms with Crippen LogP contribution >= 0.6 is 11.8 Å². The van der Waals surface area contributed by atoms with Crippen molar-refractivity contribution < 1.29 is 19.1 Å². The number of carbonyl (C=O) groups excluding carboxylic acids is 2. The number of esters is 1. The van der Waals surface area contributed by atoms with Crippen molar-refractivity contribution in [2.24, 2.45) is 0 Å². The van der Waals surface area contributed by atoms with Crippen LogP contribution in [0.15, 0.2) is 77.0 Å². The summed E-state index contributed by atoms with van der Waals surface area (Å²) in [6.45, 7) is 9.28. The highest BCUT2D eigenvalue weighted by atomic mass is 32.2. The maximum Gasteiger partial charge on any atom is 0.337 e. The summed E-state index contributed by atoms with van der Waals surface area (Å²) >= 11 is 1.21. The molecule has 3 rings (SSSR count). The summed E-state index contributed by atoms with van der Waals surface area (Å²) in [5.41, 5.74) is 4.56. The number of aryl methyl sites for hydroxylation is 2. The maximum absolute atomic E-state index is 13.0. The smallest absolute Gasteiger partial charge is 0.337 e. The zero-order valence-corrected chi connectivity index (χ0v) is 21.6. The monoisotopic (exact) mass is 503 g/mol. The molecule has 1 aliphatic rings. The van der Waals surface area contributed by atoms with Crippen molar-refractivity contribution in [3.05, 3.63) is 93.7 Å². The van der Waals surface area contributed by atoms with E-state index in [4.69, 9.17) is 9.47 Å². The Morgan fingerprint density at radius 2 is 1.97 bits per heavy atom. The van der Waals surface area contributed by atoms with Gasteiger partial charge in [0, 0.05) is 16.9 Å². The molecule has 0 spiro atoms. The van der Waals surface area contributed by atoms with Gasteiger partial charge in [0.1, 0.15) is 12.4 Å². The van der Waals surface area contributed by atoms with Gasteiger partial charge in [0.2, 0.25) is 5.91 Å². The van der Waals surface area contributed by atoms with Crippen molar-refractivity contribution in [3.8, 4) is 11.8 Å². The van der Waals surface area contributed by atoms with E-state index in [0.29, 0.717) is 33.2 Å². The van der Waals surface area contributed by atoms with E-state index in [1.54, 1.807) is 13.0 Å². The standard InChI is InChI=1S/C28H29N3O4S/c1-6-13-35-28(33)25-19(4)30-27(21(15-29)26(25)20-9-7-8-10-23(20)34-5)36-16-24(32)31-22-14-17(2)11-12-18(22)3/h6-12,14,26,30H,1,13,16H2,2-5H3,(H,31,32)/t26-/m1/s1. The minimum atomic E-state index is -0.728. The number of dihydropyridines is 1. The molecule has 1 heterocycles. The van der Waals surface area contributed by atoms with E-state index in [1.165, 1.54) is 24.9 Å². The highest BCUT2D eigenvalue weighted by Gasteiger charge is 2.37. The van der Waals surface area contributed by atoms with Gasteiger partial charge < -0.3 is 20.1 Å². The van der Waals surface area contributed by atoms with Gasteiger partial charge in [0.25, 0.3) is 0 Å². The summed E-state index contributed by atoms with van der Waals surface area (Å²) in [6, 6.07) is 15.3. The molecular formula is C28H29N3O4S. The summed E-state index contributed by atoms with van der Waals surface area (Å²) in [5.74, 6) is -0.874. The number of amides is 1. The first-order valence-corrected chi connectivity index (χ1v) is 12.3. The number of methoxy groups -OCH3 is 1. The number of allylic oxidation sites excluding steroid dienone is 2. The summed E-state index contributed by atoms with van der Waals surface area (Å²) in [6.07, 6.45) is 1.49. The lowest BCUT2D eigenvalue weighted by Gasteiger charge is -2.30. The van der Waals surface area contributed by atoms with Crippen LogP contribution in [-0.2, 0) is 14.3 Å². The van der Waals surface area contributed by atoms with Crippen LogP contribution in [0.5, 0.6) is 5.75 Å². The Hall–Kier alpha value is -3.96. The molecule has 0 saturated heterocycles. The highest BCUT2D eigenvalue weighted by Crippen LogP contribution is 2.43. The fourth-order valence-corrected chi connectivity index (χ4v) is 4.81. The third-order valence-electron chi connectivity index (χ3n) is 5.66. The first-order valence-electron chi connectivity index (χ1n) is 11.3. The summed E-state index contributed by atoms with van der Waals surface area (Å²) < 4.78 is 10.9. The highest BCUT2D eigenvalue weighted by molar-refractivity contribution is 8.03. The zero-order valence-electron chi connectivity index (χ0n) is 20.8. The average Bonchev–Trinajstić information content (AvgIpc) is 2.87. The van der Waals surface area contributed by atoms with Crippen LogP contribution in [0, 0.1) is 25.2 Å². The average molecular weight is 504 g/mol. The van der Waals surface area contributed by atoms with E-state index in [9.17, 15) is 14.9 Å². The predicted octanol–water partition coefficient (Wildman–Crippen LogP) is 5.11. The molecule has 0 aromatic heterocycles. The van der Waals surface area contributed by atoms with Gasteiger partial charge in [-0.05, 0) is 44.0 Å². The molecule has 2 N–H and O–H groups in total. The van der Waals surface area contributed by atoms with Crippen molar-refractivity contribution in [1.82, 2.24) is 5.32 Å². The van der Waals surface area contributed by atoms with Crippen LogP contribution < -0.4 is 15.4 Å². The number of para-hydroxylation sites is 1. The lowest BCUT2D eigenvalue weighted by molar-refractivity contribution is -0.138. The molecule has 0 aliphatic carbocycles. The Kier molecular flexibility index (Phi) is 8.98. The lowest BCUT2D eigenvalue weighted by Crippen LogP contribution is -2.29. The molecule has 0 radical (unpaired) electrons. The zero-order chi connectivity index (χ0) is 26.2. The molecule has 0 unspecified atom stereocenters. The minimum Gasteiger partial charge on any atom is -0.496 e. The molecule has 36 heavy (non-hydrogen) atoms. The number of nitrogens with zero attached hydrogens (tertiary/aromatic N) is 1. The maximum atomic E-state index is 13.0. The van der Waals surface area contributed by atoms with Gasteiger partial charge in [-0.1, -0.05) is 54.7 Å². The van der Waals surface area contributed by atoms with Crippen LogP contribution in [0.3, 0.4) is 0 Å². The number of thioether (sulfide) groups is 1. The number of hydrogen-bond acceptors (Lipinski definition) is 7. The van der Waals surface area contributed by atoms with Crippen molar-refractivity contribution in [1.29, 1.82) is 5.26 Å². The Morgan fingerprint density at radius 3 is 2.67 bits per heavy atom. The summed E-state index contributed by atoms with van der Waals surface area (Å²) in [5, 5.41) is 16.8. The van der Waals surface area contributed by atoms with Crippen molar-refractivity contribution in [2.75, 3.05) is 24.8 Å². The molecule has 7 nitrogen and oxygen atoms in total. The lowest BCUT2D eigenvalue weighted by atomic mass is 9.82. The van der Waals surface area contributed by atoms with Gasteiger partial charge >= 0.3 is 5.97 Å². The van der Waals surface area contributed by atoms with E-state index in [2.05, 4.69) is 23.3 Å². The number of anilines is 1. The van der Waals surface area contributed by atoms with Crippen molar-refractivity contribution in [2.45, 2.75) is 26.7 Å². The molecule has 8 heteroatoms. The number of nitriles is 1. The Bertz CT molecular complexity index is 1290. The van der Waals surface area contributed by atoms with Gasteiger partial charge in [-0.3, -0.25) is 4.79 Å². The molecule has 0 fully saturated rings. The van der Waals surface area contributed by atoms with Crippen LogP contribution in [0.2, 0.25) is 0 Å². The van der Waals surface area contributed by atoms with Gasteiger partial charge in [0.05, 0.1) is 41.0 Å². The third kappa shape index (κ3) is 5.99. The van der Waals surface area contributed by atoms with E-state index in [0.717, 1.165) is 16.8 Å². The normalized spacial score (nSPS) is 15.0. The van der Waals surface area contributed by atoms with E-state index < -0.39 is 11.9 Å². The first-order chi connectivity index (χ1) is 17.3. The van der Waals surface area contributed by atoms with Crippen molar-refractivity contribution >= 4 is 29.3 Å². The van der Waals surface area contributed by atoms with Crippen molar-refractivity contribution in [3.63, 3.8) is 0 Å². The molecule has 1 amide bonds. The van der Waals surface area contributed by atoms with Crippen LogP contribution in [0.1, 0.15) is 29.5 Å². The van der Waals surface area contributed by atoms with Crippen LogP contribution in [0.4, 0.5) is 5.69 Å². The number of rotatable bonds is 9. The van der Waals surface area contributed by atoms with Crippen LogP contribution in [0.25, 0.3) is 0 Å². The largest absolute Gasteiger partial charge is 0.496 e. The minimum absolute atomic E-state index is 0.0417. The Labute approximate surface area is 215 Å². The van der Waals surface area contributed by atoms with Crippen LogP contribution in [-0.4, -0.2) is 31.3 Å². The topological polar surface area (TPSA) is 100 Å². The third-order valence-corrected chi connectivity index (χ3v) is 6.68.